The summed E-state index contributed by atoms with van der Waals surface area (Å²) in [5.74, 6) is 0.0645. The van der Waals surface area contributed by atoms with Gasteiger partial charge in [-0.1, -0.05) is 25.1 Å². The van der Waals surface area contributed by atoms with Crippen LogP contribution in [-0.2, 0) is 11.2 Å². The molecule has 0 heterocycles. The zero-order valence-corrected chi connectivity index (χ0v) is 10.1. The molecule has 3 heteroatoms. The Bertz CT molecular complexity index is 408. The number of para-hydroxylation sites is 1. The van der Waals surface area contributed by atoms with Crippen LogP contribution in [0.5, 0.6) is 5.75 Å². The molecule has 1 aromatic carbocycles. The maximum Gasteiger partial charge on any atom is 0.307 e. The first-order valence-corrected chi connectivity index (χ1v) is 6.14. The lowest BCUT2D eigenvalue weighted by Gasteiger charge is -2.41. The summed E-state index contributed by atoms with van der Waals surface area (Å²) in [6, 6.07) is 7.88. The second-order valence-corrected chi connectivity index (χ2v) is 4.67. The molecule has 0 spiro atoms. The van der Waals surface area contributed by atoms with E-state index in [0.29, 0.717) is 0 Å². The summed E-state index contributed by atoms with van der Waals surface area (Å²) in [6.45, 7) is 2.08. The van der Waals surface area contributed by atoms with Gasteiger partial charge in [0.25, 0.3) is 0 Å². The number of carboxylic acids is 1. The molecule has 1 N–H and O–H groups in total. The third kappa shape index (κ3) is 2.60. The van der Waals surface area contributed by atoms with Gasteiger partial charge in [-0.2, -0.15) is 0 Å². The largest absolute Gasteiger partial charge is 0.486 e. The zero-order valence-electron chi connectivity index (χ0n) is 10.1. The summed E-state index contributed by atoms with van der Waals surface area (Å²) in [4.78, 5) is 10.9. The average Bonchev–Trinajstić information content (AvgIpc) is 2.26. The molecule has 1 saturated carbocycles. The first-order chi connectivity index (χ1) is 8.15. The van der Waals surface area contributed by atoms with Crippen molar-refractivity contribution < 1.29 is 14.6 Å². The number of hydrogen-bond acceptors (Lipinski definition) is 2. The number of hydrogen-bond donors (Lipinski definition) is 1. The summed E-state index contributed by atoms with van der Waals surface area (Å²) in [5.41, 5.74) is 0.682. The van der Waals surface area contributed by atoms with Crippen LogP contribution in [0.15, 0.2) is 24.3 Å². The Morgan fingerprint density at radius 1 is 1.41 bits per heavy atom. The van der Waals surface area contributed by atoms with Crippen LogP contribution in [-0.4, -0.2) is 16.7 Å². The molecule has 17 heavy (non-hydrogen) atoms. The molecule has 0 radical (unpaired) electrons. The number of aliphatic carboxylic acids is 1. The highest BCUT2D eigenvalue weighted by Gasteiger charge is 2.41. The highest BCUT2D eigenvalue weighted by atomic mass is 16.5. The first-order valence-electron chi connectivity index (χ1n) is 6.14. The quantitative estimate of drug-likeness (QED) is 0.851. The van der Waals surface area contributed by atoms with Gasteiger partial charge in [-0.25, -0.2) is 0 Å². The molecule has 0 saturated heterocycles. The van der Waals surface area contributed by atoms with E-state index in [2.05, 4.69) is 6.92 Å². The summed E-state index contributed by atoms with van der Waals surface area (Å²) >= 11 is 0. The Hall–Kier alpha value is -1.51. The Morgan fingerprint density at radius 3 is 2.65 bits per heavy atom. The van der Waals surface area contributed by atoms with Crippen LogP contribution in [0.4, 0.5) is 0 Å². The van der Waals surface area contributed by atoms with E-state index in [4.69, 9.17) is 9.84 Å². The van der Waals surface area contributed by atoms with E-state index in [0.717, 1.165) is 37.0 Å². The lowest BCUT2D eigenvalue weighted by atomic mass is 9.77. The van der Waals surface area contributed by atoms with E-state index in [1.165, 1.54) is 0 Å². The Kier molecular flexibility index (Phi) is 3.36. The van der Waals surface area contributed by atoms with Gasteiger partial charge in [0.2, 0.25) is 0 Å². The van der Waals surface area contributed by atoms with E-state index in [-0.39, 0.29) is 6.42 Å². The van der Waals surface area contributed by atoms with Crippen molar-refractivity contribution in [3.05, 3.63) is 29.8 Å². The van der Waals surface area contributed by atoms with Crippen LogP contribution in [0.1, 0.15) is 38.2 Å². The number of carbonyl (C=O) groups is 1. The van der Waals surface area contributed by atoms with Gasteiger partial charge in [0, 0.05) is 0 Å². The van der Waals surface area contributed by atoms with Crippen molar-refractivity contribution in [2.24, 2.45) is 0 Å². The number of carboxylic acid groups (broad SMARTS) is 1. The number of ether oxygens (including phenoxy) is 1. The molecule has 1 aliphatic carbocycles. The molecule has 1 aromatic rings. The predicted octanol–water partition coefficient (Wildman–Crippen LogP) is 3.03. The smallest absolute Gasteiger partial charge is 0.307 e. The van der Waals surface area contributed by atoms with E-state index in [9.17, 15) is 4.79 Å². The Morgan fingerprint density at radius 2 is 2.12 bits per heavy atom. The lowest BCUT2D eigenvalue weighted by Crippen LogP contribution is -2.45. The summed E-state index contributed by atoms with van der Waals surface area (Å²) in [5, 5.41) is 8.94. The third-order valence-corrected chi connectivity index (χ3v) is 3.42. The van der Waals surface area contributed by atoms with Gasteiger partial charge in [0.15, 0.2) is 0 Å². The summed E-state index contributed by atoms with van der Waals surface area (Å²) in [6.07, 6.45) is 3.75. The van der Waals surface area contributed by atoms with Crippen LogP contribution in [0.25, 0.3) is 0 Å². The molecular weight excluding hydrogens is 216 g/mol. The second-order valence-electron chi connectivity index (χ2n) is 4.67. The van der Waals surface area contributed by atoms with Crippen molar-refractivity contribution >= 4 is 5.97 Å². The molecule has 1 fully saturated rings. The Balaban J connectivity index is 2.15. The molecule has 2 rings (SSSR count). The van der Waals surface area contributed by atoms with Gasteiger partial charge in [-0.3, -0.25) is 4.79 Å². The molecule has 0 bridgehead atoms. The van der Waals surface area contributed by atoms with E-state index in [1.54, 1.807) is 0 Å². The molecule has 3 nitrogen and oxygen atoms in total. The fraction of sp³-hybridized carbons (Fsp3) is 0.500. The molecule has 0 atom stereocenters. The van der Waals surface area contributed by atoms with Crippen molar-refractivity contribution in [3.8, 4) is 5.75 Å². The average molecular weight is 234 g/mol. The van der Waals surface area contributed by atoms with Gasteiger partial charge in [0.05, 0.1) is 6.42 Å². The minimum atomic E-state index is -0.779. The fourth-order valence-electron chi connectivity index (χ4n) is 2.29. The molecule has 0 aromatic heterocycles. The van der Waals surface area contributed by atoms with E-state index >= 15 is 0 Å². The standard InChI is InChI=1S/C14H18O3/c1-2-11-6-3-4-7-12(11)17-14(8-5-9-14)10-13(15)16/h3-4,6-7H,2,5,8-10H2,1H3,(H,15,16). The van der Waals surface area contributed by atoms with Crippen LogP contribution in [0, 0.1) is 0 Å². The predicted molar refractivity (Wildman–Crippen MR) is 65.3 cm³/mol. The number of benzene rings is 1. The van der Waals surface area contributed by atoms with Gasteiger partial charge < -0.3 is 9.84 Å². The maximum absolute atomic E-state index is 10.9. The van der Waals surface area contributed by atoms with Crippen LogP contribution in [0.3, 0.4) is 0 Å². The van der Waals surface area contributed by atoms with E-state index in [1.807, 2.05) is 24.3 Å². The van der Waals surface area contributed by atoms with Gasteiger partial charge in [-0.05, 0) is 37.3 Å². The Labute approximate surface area is 101 Å². The minimum absolute atomic E-state index is 0.102. The van der Waals surface area contributed by atoms with Crippen molar-refractivity contribution in [2.75, 3.05) is 0 Å². The van der Waals surface area contributed by atoms with Crippen molar-refractivity contribution in [1.82, 2.24) is 0 Å². The minimum Gasteiger partial charge on any atom is -0.486 e. The van der Waals surface area contributed by atoms with Gasteiger partial charge in [0.1, 0.15) is 11.4 Å². The zero-order chi connectivity index (χ0) is 12.3. The second kappa shape index (κ2) is 4.78. The molecule has 0 unspecified atom stereocenters. The number of rotatable bonds is 5. The molecule has 0 amide bonds. The highest BCUT2D eigenvalue weighted by molar-refractivity contribution is 5.68. The van der Waals surface area contributed by atoms with Crippen molar-refractivity contribution in [1.29, 1.82) is 0 Å². The summed E-state index contributed by atoms with van der Waals surface area (Å²) in [7, 11) is 0. The van der Waals surface area contributed by atoms with Crippen LogP contribution in [0.2, 0.25) is 0 Å². The van der Waals surface area contributed by atoms with Gasteiger partial charge >= 0.3 is 5.97 Å². The fourth-order valence-corrected chi connectivity index (χ4v) is 2.29. The first kappa shape index (κ1) is 12.0. The maximum atomic E-state index is 10.9. The normalized spacial score (nSPS) is 17.2. The number of aryl methyl sites for hydroxylation is 1. The van der Waals surface area contributed by atoms with Crippen LogP contribution < -0.4 is 4.74 Å². The van der Waals surface area contributed by atoms with Crippen LogP contribution >= 0.6 is 0 Å². The van der Waals surface area contributed by atoms with Crippen molar-refractivity contribution in [2.45, 2.75) is 44.6 Å². The molecule has 92 valence electrons. The monoisotopic (exact) mass is 234 g/mol. The molecular formula is C14H18O3. The SMILES string of the molecule is CCc1ccccc1OC1(CC(=O)O)CCC1. The molecule has 1 aliphatic rings. The van der Waals surface area contributed by atoms with Gasteiger partial charge in [-0.15, -0.1) is 0 Å². The molecule has 0 aliphatic heterocycles. The topological polar surface area (TPSA) is 46.5 Å². The third-order valence-electron chi connectivity index (χ3n) is 3.42. The van der Waals surface area contributed by atoms with Crippen molar-refractivity contribution in [3.63, 3.8) is 0 Å². The van der Waals surface area contributed by atoms with E-state index < -0.39 is 11.6 Å². The summed E-state index contributed by atoms with van der Waals surface area (Å²) < 4.78 is 5.99. The highest BCUT2D eigenvalue weighted by Crippen LogP contribution is 2.40. The lowest BCUT2D eigenvalue weighted by molar-refractivity contribution is -0.144.